The molecule has 3 saturated heterocycles. The topological polar surface area (TPSA) is 108 Å². The zero-order valence-corrected chi connectivity index (χ0v) is 20.1. The van der Waals surface area contributed by atoms with Gasteiger partial charge in [0.2, 0.25) is 17.7 Å². The molecule has 2 bridgehead atoms. The summed E-state index contributed by atoms with van der Waals surface area (Å²) in [5.41, 5.74) is -2.40. The molecule has 3 unspecified atom stereocenters. The van der Waals surface area contributed by atoms with Gasteiger partial charge < -0.3 is 25.4 Å². The molecule has 3 aliphatic rings. The molecule has 8 heteroatoms. The lowest BCUT2D eigenvalue weighted by molar-refractivity contribution is -0.151. The van der Waals surface area contributed by atoms with Crippen molar-refractivity contribution >= 4 is 17.7 Å². The van der Waals surface area contributed by atoms with Crippen LogP contribution in [-0.4, -0.2) is 70.2 Å². The number of likely N-dealkylation sites (tertiary alicyclic amines) is 1. The highest BCUT2D eigenvalue weighted by Crippen LogP contribution is 2.65. The smallest absolute Gasteiger partial charge is 0.246 e. The van der Waals surface area contributed by atoms with E-state index in [4.69, 9.17) is 4.74 Å². The van der Waals surface area contributed by atoms with Crippen molar-refractivity contribution in [1.82, 2.24) is 15.5 Å². The van der Waals surface area contributed by atoms with Crippen LogP contribution in [0.5, 0.6) is 0 Å². The van der Waals surface area contributed by atoms with E-state index in [0.29, 0.717) is 12.8 Å². The fraction of sp³-hybridized carbons (Fsp3) is 0.870. The van der Waals surface area contributed by atoms with Crippen molar-refractivity contribution in [2.75, 3.05) is 13.7 Å². The quantitative estimate of drug-likeness (QED) is 0.576. The van der Waals surface area contributed by atoms with Crippen molar-refractivity contribution < 1.29 is 24.2 Å². The minimum atomic E-state index is -1.08. The van der Waals surface area contributed by atoms with Crippen LogP contribution in [0.15, 0.2) is 0 Å². The Morgan fingerprint density at radius 2 is 1.90 bits per heavy atom. The van der Waals surface area contributed by atoms with Gasteiger partial charge in [0.15, 0.2) is 0 Å². The Kier molecular flexibility index (Phi) is 5.98. The third kappa shape index (κ3) is 3.55. The zero-order chi connectivity index (χ0) is 23.5. The molecule has 0 aromatic rings. The second kappa shape index (κ2) is 7.73. The van der Waals surface area contributed by atoms with Gasteiger partial charge in [0, 0.05) is 12.6 Å². The van der Waals surface area contributed by atoms with E-state index in [1.54, 1.807) is 11.9 Å². The first-order chi connectivity index (χ1) is 14.2. The number of nitrogens with zero attached hydrogens (tertiary/aromatic N) is 1. The summed E-state index contributed by atoms with van der Waals surface area (Å²) in [6, 6.07) is -1.40. The van der Waals surface area contributed by atoms with E-state index in [1.807, 2.05) is 48.5 Å². The van der Waals surface area contributed by atoms with Crippen molar-refractivity contribution in [3.8, 4) is 0 Å². The number of rotatable bonds is 6. The average Bonchev–Trinajstić information content (AvgIpc) is 3.14. The summed E-state index contributed by atoms with van der Waals surface area (Å²) in [4.78, 5) is 42.0. The van der Waals surface area contributed by atoms with Gasteiger partial charge in [0.05, 0.1) is 30.1 Å². The van der Waals surface area contributed by atoms with Gasteiger partial charge in [-0.1, -0.05) is 20.8 Å². The number of carbonyl (C=O) groups is 3. The van der Waals surface area contributed by atoms with Crippen molar-refractivity contribution in [1.29, 1.82) is 0 Å². The molecule has 0 aromatic carbocycles. The van der Waals surface area contributed by atoms with Crippen LogP contribution in [0.2, 0.25) is 0 Å². The summed E-state index contributed by atoms with van der Waals surface area (Å²) < 4.78 is 6.60. The van der Waals surface area contributed by atoms with Crippen LogP contribution in [0, 0.1) is 23.7 Å². The van der Waals surface area contributed by atoms with E-state index in [2.05, 4.69) is 10.6 Å². The van der Waals surface area contributed by atoms with Crippen LogP contribution in [-0.2, 0) is 19.1 Å². The van der Waals surface area contributed by atoms with Gasteiger partial charge in [-0.3, -0.25) is 14.4 Å². The highest BCUT2D eigenvalue weighted by atomic mass is 16.5. The predicted octanol–water partition coefficient (Wildman–Crippen LogP) is 1.06. The molecule has 8 nitrogen and oxygen atoms in total. The fourth-order valence-electron chi connectivity index (χ4n) is 6.18. The molecule has 176 valence electrons. The summed E-state index contributed by atoms with van der Waals surface area (Å²) >= 11 is 0. The number of ether oxygens (including phenoxy) is 1. The minimum Gasteiger partial charge on any atom is -0.394 e. The van der Waals surface area contributed by atoms with E-state index in [0.717, 1.165) is 0 Å². The SMILES string of the molecule is CNC(=O)[C@H]1[C@H]2C(=O)N([C@@H](CO)CC(C)C)C(C(=O)NC(C)(C)C)C23CC(C)[C@]1(C)O3. The van der Waals surface area contributed by atoms with Crippen molar-refractivity contribution in [2.24, 2.45) is 23.7 Å². The number of aliphatic hydroxyl groups is 1. The molecule has 1 spiro atoms. The molecule has 0 radical (unpaired) electrons. The molecule has 0 saturated carbocycles. The largest absolute Gasteiger partial charge is 0.394 e. The van der Waals surface area contributed by atoms with Crippen molar-refractivity contribution in [2.45, 2.75) is 90.1 Å². The Morgan fingerprint density at radius 3 is 2.39 bits per heavy atom. The molecule has 3 amide bonds. The molecule has 7 atom stereocenters. The van der Waals surface area contributed by atoms with Gasteiger partial charge in [0.1, 0.15) is 11.6 Å². The van der Waals surface area contributed by atoms with Crippen LogP contribution in [0.4, 0.5) is 0 Å². The van der Waals surface area contributed by atoms with E-state index in [9.17, 15) is 19.5 Å². The molecule has 3 rings (SSSR count). The second-order valence-corrected chi connectivity index (χ2v) is 11.3. The van der Waals surface area contributed by atoms with Crippen LogP contribution >= 0.6 is 0 Å². The Labute approximate surface area is 185 Å². The molecular formula is C23H39N3O5. The van der Waals surface area contributed by atoms with E-state index in [1.165, 1.54) is 0 Å². The van der Waals surface area contributed by atoms with Gasteiger partial charge in [-0.25, -0.2) is 0 Å². The number of carbonyl (C=O) groups excluding carboxylic acids is 3. The highest BCUT2D eigenvalue weighted by molar-refractivity contribution is 5.99. The molecular weight excluding hydrogens is 398 g/mol. The average molecular weight is 438 g/mol. The summed E-state index contributed by atoms with van der Waals surface area (Å²) in [6.45, 7) is 13.4. The first-order valence-electron chi connectivity index (χ1n) is 11.4. The predicted molar refractivity (Wildman–Crippen MR) is 116 cm³/mol. The number of amides is 3. The first-order valence-corrected chi connectivity index (χ1v) is 11.4. The molecule has 3 aliphatic heterocycles. The van der Waals surface area contributed by atoms with Crippen molar-refractivity contribution in [3.63, 3.8) is 0 Å². The molecule has 0 aliphatic carbocycles. The summed E-state index contributed by atoms with van der Waals surface area (Å²) in [6.07, 6.45) is 1.08. The monoisotopic (exact) mass is 437 g/mol. The maximum absolute atomic E-state index is 13.9. The number of fused-ring (bicyclic) bond motifs is 1. The number of aliphatic hydroxyl groups excluding tert-OH is 1. The Morgan fingerprint density at radius 1 is 1.29 bits per heavy atom. The molecule has 31 heavy (non-hydrogen) atoms. The van der Waals surface area contributed by atoms with E-state index in [-0.39, 0.29) is 36.2 Å². The summed E-state index contributed by atoms with van der Waals surface area (Å²) in [5.74, 6) is -2.00. The maximum Gasteiger partial charge on any atom is 0.246 e. The lowest BCUT2D eigenvalue weighted by Gasteiger charge is -2.39. The van der Waals surface area contributed by atoms with Crippen LogP contribution in [0.25, 0.3) is 0 Å². The second-order valence-electron chi connectivity index (χ2n) is 11.3. The number of hydrogen-bond donors (Lipinski definition) is 3. The first kappa shape index (κ1) is 24.0. The van der Waals surface area contributed by atoms with Gasteiger partial charge in [-0.05, 0) is 52.4 Å². The van der Waals surface area contributed by atoms with Crippen LogP contribution in [0.3, 0.4) is 0 Å². The maximum atomic E-state index is 13.9. The normalized spacial score (nSPS) is 37.9. The molecule has 3 N–H and O–H groups in total. The fourth-order valence-corrected chi connectivity index (χ4v) is 6.18. The molecule has 3 heterocycles. The molecule has 0 aromatic heterocycles. The highest BCUT2D eigenvalue weighted by Gasteiger charge is 2.80. The lowest BCUT2D eigenvalue weighted by Crippen LogP contribution is -2.60. The molecule has 3 fully saturated rings. The van der Waals surface area contributed by atoms with Gasteiger partial charge in [-0.15, -0.1) is 0 Å². The lowest BCUT2D eigenvalue weighted by atomic mass is 9.62. The summed E-state index contributed by atoms with van der Waals surface area (Å²) in [7, 11) is 1.56. The Hall–Kier alpha value is -1.67. The number of nitrogens with one attached hydrogen (secondary N) is 2. The van der Waals surface area contributed by atoms with E-state index >= 15 is 0 Å². The Balaban J connectivity index is 2.15. The van der Waals surface area contributed by atoms with Gasteiger partial charge in [-0.2, -0.15) is 0 Å². The number of hydrogen-bond acceptors (Lipinski definition) is 5. The zero-order valence-electron chi connectivity index (χ0n) is 20.1. The van der Waals surface area contributed by atoms with Crippen molar-refractivity contribution in [3.05, 3.63) is 0 Å². The third-order valence-corrected chi connectivity index (χ3v) is 7.38. The van der Waals surface area contributed by atoms with Crippen LogP contribution < -0.4 is 10.6 Å². The van der Waals surface area contributed by atoms with Gasteiger partial charge >= 0.3 is 0 Å². The standard InChI is InChI=1S/C23H39N3O5/c1-12(2)9-14(11-27)26-17(19(29)25-21(4,5)6)23-10-13(3)22(7,31-23)15(18(28)24-8)16(23)20(26)30/h12-17,27H,9-11H2,1-8H3,(H,24,28)(H,25,29)/t13?,14-,15-,16+,17?,22+,23?/m1/s1. The van der Waals surface area contributed by atoms with Gasteiger partial charge in [0.25, 0.3) is 0 Å². The van der Waals surface area contributed by atoms with Crippen LogP contribution in [0.1, 0.15) is 61.3 Å². The Bertz CT molecular complexity index is 763. The third-order valence-electron chi connectivity index (χ3n) is 7.38. The minimum absolute atomic E-state index is 0.00131. The summed E-state index contributed by atoms with van der Waals surface area (Å²) in [5, 5.41) is 15.9. The van der Waals surface area contributed by atoms with E-state index < -0.39 is 40.7 Å².